The van der Waals surface area contributed by atoms with Gasteiger partial charge >= 0.3 is 0 Å². The number of hydrogen-bond acceptors (Lipinski definition) is 4. The SMILES string of the molecule is CC(C)NC(=O)[C@@H](C)N(CCc1ccccc1)C(=O)CN(c1ccc(F)c(Cl)c1)S(C)(=O)=O. The molecule has 0 radical (unpaired) electrons. The fourth-order valence-corrected chi connectivity index (χ4v) is 4.25. The van der Waals surface area contributed by atoms with Gasteiger partial charge in [0.1, 0.15) is 18.4 Å². The van der Waals surface area contributed by atoms with Crippen molar-refractivity contribution in [2.45, 2.75) is 39.3 Å². The molecule has 0 bridgehead atoms. The van der Waals surface area contributed by atoms with E-state index in [0.717, 1.165) is 28.3 Å². The minimum atomic E-state index is -3.90. The number of carbonyl (C=O) groups is 2. The first-order valence-corrected chi connectivity index (χ1v) is 12.7. The maximum absolute atomic E-state index is 13.6. The van der Waals surface area contributed by atoms with Gasteiger partial charge in [-0.25, -0.2) is 12.8 Å². The molecule has 2 aromatic rings. The molecule has 0 aromatic heterocycles. The van der Waals surface area contributed by atoms with E-state index in [4.69, 9.17) is 11.6 Å². The van der Waals surface area contributed by atoms with Crippen molar-refractivity contribution in [3.8, 4) is 0 Å². The van der Waals surface area contributed by atoms with Crippen LogP contribution in [0.2, 0.25) is 5.02 Å². The van der Waals surface area contributed by atoms with Crippen LogP contribution in [0.25, 0.3) is 0 Å². The Balaban J connectivity index is 2.33. The van der Waals surface area contributed by atoms with Gasteiger partial charge in [0.2, 0.25) is 21.8 Å². The molecule has 7 nitrogen and oxygen atoms in total. The van der Waals surface area contributed by atoms with E-state index in [9.17, 15) is 22.4 Å². The summed E-state index contributed by atoms with van der Waals surface area (Å²) in [5.74, 6) is -1.62. The molecule has 0 aliphatic rings. The van der Waals surface area contributed by atoms with Crippen LogP contribution in [0, 0.1) is 5.82 Å². The fraction of sp³-hybridized carbons (Fsp3) is 0.391. The highest BCUT2D eigenvalue weighted by Crippen LogP contribution is 2.24. The van der Waals surface area contributed by atoms with Crippen molar-refractivity contribution < 1.29 is 22.4 Å². The Morgan fingerprint density at radius 1 is 1.09 bits per heavy atom. The molecule has 10 heteroatoms. The van der Waals surface area contributed by atoms with Gasteiger partial charge in [0, 0.05) is 12.6 Å². The van der Waals surface area contributed by atoms with Crippen LogP contribution in [0.3, 0.4) is 0 Å². The highest BCUT2D eigenvalue weighted by atomic mass is 35.5. The van der Waals surface area contributed by atoms with Crippen LogP contribution in [0.1, 0.15) is 26.3 Å². The lowest BCUT2D eigenvalue weighted by Crippen LogP contribution is -2.53. The van der Waals surface area contributed by atoms with Gasteiger partial charge in [0.05, 0.1) is 17.0 Å². The smallest absolute Gasteiger partial charge is 0.244 e. The lowest BCUT2D eigenvalue weighted by atomic mass is 10.1. The highest BCUT2D eigenvalue weighted by molar-refractivity contribution is 7.92. The zero-order valence-electron chi connectivity index (χ0n) is 19.1. The minimum absolute atomic E-state index is 0.0551. The summed E-state index contributed by atoms with van der Waals surface area (Å²) in [4.78, 5) is 27.3. The van der Waals surface area contributed by atoms with E-state index in [1.54, 1.807) is 6.92 Å². The average Bonchev–Trinajstić information content (AvgIpc) is 2.73. The Morgan fingerprint density at radius 2 is 1.73 bits per heavy atom. The van der Waals surface area contributed by atoms with Gasteiger partial charge in [-0.3, -0.25) is 13.9 Å². The largest absolute Gasteiger partial charge is 0.352 e. The molecule has 0 aliphatic heterocycles. The van der Waals surface area contributed by atoms with E-state index >= 15 is 0 Å². The Hall–Kier alpha value is -2.65. The monoisotopic (exact) mass is 497 g/mol. The van der Waals surface area contributed by atoms with Gasteiger partial charge < -0.3 is 10.2 Å². The quantitative estimate of drug-likeness (QED) is 0.546. The predicted octanol–water partition coefficient (Wildman–Crippen LogP) is 3.23. The second-order valence-corrected chi connectivity index (χ2v) is 10.3. The number of carbonyl (C=O) groups excluding carboxylic acids is 2. The maximum atomic E-state index is 13.6. The van der Waals surface area contributed by atoms with Gasteiger partial charge in [-0.1, -0.05) is 41.9 Å². The van der Waals surface area contributed by atoms with Crippen LogP contribution < -0.4 is 9.62 Å². The Bertz CT molecular complexity index is 1080. The summed E-state index contributed by atoms with van der Waals surface area (Å²) in [5, 5.41) is 2.52. The standard InChI is InChI=1S/C23H29ClFN3O4S/c1-16(2)26-23(30)17(3)27(13-12-18-8-6-5-7-9-18)22(29)15-28(33(4,31)32)19-10-11-21(25)20(24)14-19/h5-11,14,16-17H,12-13,15H2,1-4H3,(H,26,30)/t17-/m1/s1. The highest BCUT2D eigenvalue weighted by Gasteiger charge is 2.30. The summed E-state index contributed by atoms with van der Waals surface area (Å²) in [6.45, 7) is 4.86. The van der Waals surface area contributed by atoms with Crippen LogP contribution in [-0.2, 0) is 26.0 Å². The molecule has 1 atom stereocenters. The second-order valence-electron chi connectivity index (χ2n) is 8.03. The van der Waals surface area contributed by atoms with Crippen molar-refractivity contribution in [2.75, 3.05) is 23.7 Å². The molecule has 0 unspecified atom stereocenters. The van der Waals surface area contributed by atoms with Gasteiger partial charge in [-0.05, 0) is 51.0 Å². The molecule has 2 rings (SSSR count). The Kier molecular flexibility index (Phi) is 9.25. The number of sulfonamides is 1. The summed E-state index contributed by atoms with van der Waals surface area (Å²) in [6, 6.07) is 11.9. The lowest BCUT2D eigenvalue weighted by Gasteiger charge is -2.32. The fourth-order valence-electron chi connectivity index (χ4n) is 3.23. The third-order valence-corrected chi connectivity index (χ3v) is 6.38. The minimum Gasteiger partial charge on any atom is -0.352 e. The molecule has 2 amide bonds. The number of anilines is 1. The van der Waals surface area contributed by atoms with Crippen molar-refractivity contribution in [3.05, 3.63) is 64.9 Å². The predicted molar refractivity (Wildman–Crippen MR) is 128 cm³/mol. The number of rotatable bonds is 10. The van der Waals surface area contributed by atoms with E-state index in [2.05, 4.69) is 5.32 Å². The Labute approximate surface area is 199 Å². The zero-order chi connectivity index (χ0) is 24.8. The van der Waals surface area contributed by atoms with Crippen LogP contribution in [0.15, 0.2) is 48.5 Å². The Morgan fingerprint density at radius 3 is 2.27 bits per heavy atom. The van der Waals surface area contributed by atoms with E-state index in [-0.39, 0.29) is 29.2 Å². The molecule has 0 saturated heterocycles. The second kappa shape index (κ2) is 11.5. The molecule has 180 valence electrons. The van der Waals surface area contributed by atoms with E-state index < -0.39 is 34.3 Å². The third kappa shape index (κ3) is 7.71. The topological polar surface area (TPSA) is 86.8 Å². The average molecular weight is 498 g/mol. The van der Waals surface area contributed by atoms with Crippen LogP contribution in [0.4, 0.5) is 10.1 Å². The molecule has 0 aliphatic carbocycles. The summed E-state index contributed by atoms with van der Waals surface area (Å²) in [6.07, 6.45) is 1.42. The lowest BCUT2D eigenvalue weighted by molar-refractivity contribution is -0.139. The summed E-state index contributed by atoms with van der Waals surface area (Å²) in [7, 11) is -3.90. The first kappa shape index (κ1) is 26.6. The number of nitrogens with one attached hydrogen (secondary N) is 1. The van der Waals surface area contributed by atoms with E-state index in [1.165, 1.54) is 11.0 Å². The molecular weight excluding hydrogens is 469 g/mol. The molecule has 0 heterocycles. The first-order chi connectivity index (χ1) is 15.4. The van der Waals surface area contributed by atoms with Gasteiger partial charge in [-0.2, -0.15) is 0 Å². The summed E-state index contributed by atoms with van der Waals surface area (Å²) < 4.78 is 39.3. The van der Waals surface area contributed by atoms with E-state index in [0.29, 0.717) is 6.42 Å². The van der Waals surface area contributed by atoms with E-state index in [1.807, 2.05) is 44.2 Å². The van der Waals surface area contributed by atoms with Gasteiger partial charge in [0.15, 0.2) is 0 Å². The maximum Gasteiger partial charge on any atom is 0.244 e. The number of amides is 2. The molecule has 33 heavy (non-hydrogen) atoms. The van der Waals surface area contributed by atoms with Crippen LogP contribution >= 0.6 is 11.6 Å². The van der Waals surface area contributed by atoms with Crippen molar-refractivity contribution in [2.24, 2.45) is 0 Å². The molecule has 0 spiro atoms. The van der Waals surface area contributed by atoms with Gasteiger partial charge in [-0.15, -0.1) is 0 Å². The van der Waals surface area contributed by atoms with Crippen molar-refractivity contribution in [1.82, 2.24) is 10.2 Å². The van der Waals surface area contributed by atoms with Crippen LogP contribution in [-0.4, -0.2) is 56.6 Å². The molecule has 0 fully saturated rings. The summed E-state index contributed by atoms with van der Waals surface area (Å²) in [5.41, 5.74) is 1.02. The van der Waals surface area contributed by atoms with Crippen LogP contribution in [0.5, 0.6) is 0 Å². The molecule has 2 aromatic carbocycles. The number of hydrogen-bond donors (Lipinski definition) is 1. The molecule has 1 N–H and O–H groups in total. The van der Waals surface area contributed by atoms with Gasteiger partial charge in [0.25, 0.3) is 0 Å². The first-order valence-electron chi connectivity index (χ1n) is 10.5. The summed E-state index contributed by atoms with van der Waals surface area (Å²) >= 11 is 5.82. The molecule has 0 saturated carbocycles. The number of nitrogens with zero attached hydrogens (tertiary/aromatic N) is 2. The third-order valence-electron chi connectivity index (χ3n) is 4.95. The van der Waals surface area contributed by atoms with Crippen molar-refractivity contribution in [3.63, 3.8) is 0 Å². The zero-order valence-corrected chi connectivity index (χ0v) is 20.7. The number of halogens is 2. The van der Waals surface area contributed by atoms with Crippen molar-refractivity contribution >= 4 is 39.1 Å². The molecular formula is C23H29ClFN3O4S. The van der Waals surface area contributed by atoms with Crippen molar-refractivity contribution in [1.29, 1.82) is 0 Å². The number of benzene rings is 2. The normalized spacial score (nSPS) is 12.3.